The van der Waals surface area contributed by atoms with Crippen molar-refractivity contribution in [2.75, 3.05) is 36.4 Å². The van der Waals surface area contributed by atoms with Gasteiger partial charge in [0.1, 0.15) is 11.4 Å². The van der Waals surface area contributed by atoms with E-state index in [1.54, 1.807) is 17.3 Å². The molecule has 1 amide bonds. The van der Waals surface area contributed by atoms with Crippen molar-refractivity contribution in [1.29, 1.82) is 0 Å². The summed E-state index contributed by atoms with van der Waals surface area (Å²) in [5.41, 5.74) is 2.25. The van der Waals surface area contributed by atoms with Crippen molar-refractivity contribution in [2.45, 2.75) is 26.4 Å². The first-order valence-corrected chi connectivity index (χ1v) is 10.1. The average molecular weight is 406 g/mol. The number of pyridine rings is 1. The van der Waals surface area contributed by atoms with E-state index in [9.17, 15) is 4.79 Å². The van der Waals surface area contributed by atoms with E-state index in [-0.39, 0.29) is 6.09 Å². The summed E-state index contributed by atoms with van der Waals surface area (Å²) < 4.78 is 5.47. The SMILES string of the molecule is CC(C)(C)OC(=O)N1CCN(c2ccnc(Nc3cnc4ccccc4n3)c2)CC1. The Bertz CT molecular complexity index is 1040. The Labute approximate surface area is 175 Å². The Morgan fingerprint density at radius 3 is 2.47 bits per heavy atom. The highest BCUT2D eigenvalue weighted by Gasteiger charge is 2.26. The standard InChI is InChI=1S/C22H26N6O2/c1-22(2,3)30-21(29)28-12-10-27(11-13-28)16-8-9-23-19(14-16)26-20-15-24-17-6-4-5-7-18(17)25-20/h4-9,14-15H,10-13H2,1-3H3,(H,23,25,26). The molecule has 1 N–H and O–H groups in total. The number of anilines is 3. The van der Waals surface area contributed by atoms with E-state index in [0.29, 0.717) is 24.7 Å². The van der Waals surface area contributed by atoms with E-state index >= 15 is 0 Å². The highest BCUT2D eigenvalue weighted by Crippen LogP contribution is 2.22. The summed E-state index contributed by atoms with van der Waals surface area (Å²) in [5, 5.41) is 3.23. The van der Waals surface area contributed by atoms with E-state index in [2.05, 4.69) is 25.2 Å². The van der Waals surface area contributed by atoms with Crippen molar-refractivity contribution in [1.82, 2.24) is 19.9 Å². The van der Waals surface area contributed by atoms with Gasteiger partial charge in [0.25, 0.3) is 0 Å². The van der Waals surface area contributed by atoms with Gasteiger partial charge < -0.3 is 19.9 Å². The van der Waals surface area contributed by atoms with Gasteiger partial charge in [-0.15, -0.1) is 0 Å². The molecule has 0 atom stereocenters. The maximum Gasteiger partial charge on any atom is 0.410 e. The number of rotatable bonds is 3. The monoisotopic (exact) mass is 406 g/mol. The molecule has 4 rings (SSSR count). The van der Waals surface area contributed by atoms with Crippen LogP contribution in [0.25, 0.3) is 11.0 Å². The predicted octanol–water partition coefficient (Wildman–Crippen LogP) is 3.83. The number of nitrogens with one attached hydrogen (secondary N) is 1. The molecule has 1 saturated heterocycles. The number of ether oxygens (including phenoxy) is 1. The van der Waals surface area contributed by atoms with Crippen LogP contribution in [0.4, 0.5) is 22.1 Å². The zero-order chi connectivity index (χ0) is 21.1. The molecule has 3 heterocycles. The smallest absolute Gasteiger partial charge is 0.410 e. The minimum Gasteiger partial charge on any atom is -0.444 e. The van der Waals surface area contributed by atoms with Crippen molar-refractivity contribution in [3.8, 4) is 0 Å². The molecule has 30 heavy (non-hydrogen) atoms. The molecular weight excluding hydrogens is 380 g/mol. The lowest BCUT2D eigenvalue weighted by Gasteiger charge is -2.36. The molecule has 8 heteroatoms. The fraction of sp³-hybridized carbons (Fsp3) is 0.364. The molecule has 0 unspecified atom stereocenters. The van der Waals surface area contributed by atoms with Gasteiger partial charge in [-0.05, 0) is 39.0 Å². The van der Waals surface area contributed by atoms with Crippen LogP contribution in [0.15, 0.2) is 48.8 Å². The third kappa shape index (κ3) is 4.76. The summed E-state index contributed by atoms with van der Waals surface area (Å²) in [6.07, 6.45) is 3.22. The maximum atomic E-state index is 12.3. The molecule has 0 spiro atoms. The maximum absolute atomic E-state index is 12.3. The summed E-state index contributed by atoms with van der Waals surface area (Å²) in [6, 6.07) is 11.7. The molecule has 1 fully saturated rings. The van der Waals surface area contributed by atoms with Gasteiger partial charge in [0.05, 0.1) is 17.2 Å². The lowest BCUT2D eigenvalue weighted by Crippen LogP contribution is -2.50. The number of aromatic nitrogens is 3. The zero-order valence-corrected chi connectivity index (χ0v) is 17.5. The van der Waals surface area contributed by atoms with Crippen LogP contribution in [0.1, 0.15) is 20.8 Å². The van der Waals surface area contributed by atoms with Gasteiger partial charge in [-0.2, -0.15) is 0 Å². The van der Waals surface area contributed by atoms with Gasteiger partial charge in [-0.3, -0.25) is 4.98 Å². The number of para-hydroxylation sites is 2. The first-order valence-electron chi connectivity index (χ1n) is 10.1. The predicted molar refractivity (Wildman–Crippen MR) is 117 cm³/mol. The Hall–Kier alpha value is -3.42. The van der Waals surface area contributed by atoms with E-state index in [4.69, 9.17) is 4.74 Å². The van der Waals surface area contributed by atoms with Crippen molar-refractivity contribution >= 4 is 34.4 Å². The summed E-state index contributed by atoms with van der Waals surface area (Å²) in [6.45, 7) is 8.36. The topological polar surface area (TPSA) is 83.5 Å². The number of nitrogens with zero attached hydrogens (tertiary/aromatic N) is 5. The Balaban J connectivity index is 1.40. The number of amides is 1. The fourth-order valence-electron chi connectivity index (χ4n) is 3.31. The lowest BCUT2D eigenvalue weighted by atomic mass is 10.2. The number of carbonyl (C=O) groups is 1. The number of fused-ring (bicyclic) bond motifs is 1. The van der Waals surface area contributed by atoms with Gasteiger partial charge in [0.15, 0.2) is 5.82 Å². The lowest BCUT2D eigenvalue weighted by molar-refractivity contribution is 0.0240. The van der Waals surface area contributed by atoms with Crippen LogP contribution in [-0.4, -0.2) is 57.7 Å². The number of carbonyl (C=O) groups excluding carboxylic acids is 1. The summed E-state index contributed by atoms with van der Waals surface area (Å²) in [4.78, 5) is 29.7. The third-order valence-corrected chi connectivity index (χ3v) is 4.74. The van der Waals surface area contributed by atoms with Gasteiger partial charge >= 0.3 is 6.09 Å². The van der Waals surface area contributed by atoms with E-state index in [0.717, 1.165) is 29.8 Å². The number of hydrogen-bond donors (Lipinski definition) is 1. The largest absolute Gasteiger partial charge is 0.444 e. The van der Waals surface area contributed by atoms with Crippen molar-refractivity contribution < 1.29 is 9.53 Å². The van der Waals surface area contributed by atoms with E-state index in [1.807, 2.05) is 57.2 Å². The normalized spacial score (nSPS) is 14.6. The number of hydrogen-bond acceptors (Lipinski definition) is 7. The van der Waals surface area contributed by atoms with Crippen molar-refractivity contribution in [2.24, 2.45) is 0 Å². The highest BCUT2D eigenvalue weighted by atomic mass is 16.6. The Morgan fingerprint density at radius 1 is 1.00 bits per heavy atom. The second kappa shape index (κ2) is 8.14. The molecule has 156 valence electrons. The molecule has 1 aliphatic heterocycles. The quantitative estimate of drug-likeness (QED) is 0.708. The molecule has 1 aromatic carbocycles. The Morgan fingerprint density at radius 2 is 1.73 bits per heavy atom. The van der Waals surface area contributed by atoms with Gasteiger partial charge in [-0.1, -0.05) is 12.1 Å². The molecule has 1 aliphatic rings. The molecule has 2 aromatic heterocycles. The highest BCUT2D eigenvalue weighted by molar-refractivity contribution is 5.76. The molecule has 0 bridgehead atoms. The van der Waals surface area contributed by atoms with Crippen LogP contribution in [-0.2, 0) is 4.74 Å². The van der Waals surface area contributed by atoms with Crippen molar-refractivity contribution in [3.05, 3.63) is 48.8 Å². The fourth-order valence-corrected chi connectivity index (χ4v) is 3.31. The van der Waals surface area contributed by atoms with Crippen LogP contribution >= 0.6 is 0 Å². The van der Waals surface area contributed by atoms with Gasteiger partial charge in [0, 0.05) is 44.1 Å². The zero-order valence-electron chi connectivity index (χ0n) is 17.5. The molecule has 3 aromatic rings. The van der Waals surface area contributed by atoms with Crippen molar-refractivity contribution in [3.63, 3.8) is 0 Å². The molecule has 0 saturated carbocycles. The van der Waals surface area contributed by atoms with Crippen LogP contribution in [0.3, 0.4) is 0 Å². The number of benzene rings is 1. The first-order chi connectivity index (χ1) is 14.4. The van der Waals surface area contributed by atoms with Crippen LogP contribution < -0.4 is 10.2 Å². The van der Waals surface area contributed by atoms with Crippen LogP contribution in [0.5, 0.6) is 0 Å². The molecule has 0 radical (unpaired) electrons. The summed E-state index contributed by atoms with van der Waals surface area (Å²) in [5.74, 6) is 1.35. The second-order valence-corrected chi connectivity index (χ2v) is 8.22. The molecule has 0 aliphatic carbocycles. The molecule has 8 nitrogen and oxygen atoms in total. The Kier molecular flexibility index (Phi) is 5.39. The molecular formula is C22H26N6O2. The number of piperazine rings is 1. The minimum atomic E-state index is -0.481. The van der Waals surface area contributed by atoms with Gasteiger partial charge in [0.2, 0.25) is 0 Å². The third-order valence-electron chi connectivity index (χ3n) is 4.74. The van der Waals surface area contributed by atoms with Gasteiger partial charge in [-0.25, -0.2) is 14.8 Å². The van der Waals surface area contributed by atoms with Crippen LogP contribution in [0, 0.1) is 0 Å². The summed E-state index contributed by atoms with van der Waals surface area (Å²) >= 11 is 0. The van der Waals surface area contributed by atoms with Crippen LogP contribution in [0.2, 0.25) is 0 Å². The van der Waals surface area contributed by atoms with E-state index in [1.165, 1.54) is 0 Å². The van der Waals surface area contributed by atoms with E-state index < -0.39 is 5.60 Å². The summed E-state index contributed by atoms with van der Waals surface area (Å²) in [7, 11) is 0. The minimum absolute atomic E-state index is 0.255. The second-order valence-electron chi connectivity index (χ2n) is 8.22. The first kappa shape index (κ1) is 19.9. The average Bonchev–Trinajstić information content (AvgIpc) is 2.73.